The Morgan fingerprint density at radius 3 is 2.53 bits per heavy atom. The molecule has 2 nitrogen and oxygen atoms in total. The molecule has 0 N–H and O–H groups in total. The van der Waals surface area contributed by atoms with E-state index in [0.717, 1.165) is 0 Å². The molecule has 0 radical (unpaired) electrons. The predicted octanol–water partition coefficient (Wildman–Crippen LogP) is 2.97. The second kappa shape index (κ2) is 4.02. The molecule has 0 saturated heterocycles. The molecule has 0 unspecified atom stereocenters. The minimum absolute atomic E-state index is 0.272. The molecule has 74 valence electrons. The molecule has 2 heteroatoms. The fourth-order valence-electron chi connectivity index (χ4n) is 1.62. The Balaban J connectivity index is 2.29. The summed E-state index contributed by atoms with van der Waals surface area (Å²) >= 11 is 0. The fourth-order valence-corrected chi connectivity index (χ4v) is 1.62. The van der Waals surface area contributed by atoms with E-state index < -0.39 is 0 Å². The van der Waals surface area contributed by atoms with Gasteiger partial charge in [-0.3, -0.25) is 0 Å². The first-order chi connectivity index (χ1) is 7.31. The molecule has 0 bridgehead atoms. The molecule has 1 aromatic carbocycles. The van der Waals surface area contributed by atoms with Crippen LogP contribution in [-0.4, -0.2) is 4.57 Å². The molecule has 0 saturated carbocycles. The van der Waals surface area contributed by atoms with Crippen LogP contribution < -0.4 is 0 Å². The Labute approximate surface area is 89.4 Å². The molecule has 2 rings (SSSR count). The van der Waals surface area contributed by atoms with Gasteiger partial charge in [-0.15, -0.1) is 0 Å². The van der Waals surface area contributed by atoms with Gasteiger partial charge in [0.25, 0.3) is 0 Å². The highest BCUT2D eigenvalue weighted by Crippen LogP contribution is 2.18. The van der Waals surface area contributed by atoms with Crippen molar-refractivity contribution in [2.24, 2.45) is 0 Å². The van der Waals surface area contributed by atoms with E-state index in [-0.39, 0.29) is 6.04 Å². The SMILES string of the molecule is C[C@H](c1ccccc1)n1ccc(C#N)c1. The maximum atomic E-state index is 8.74. The summed E-state index contributed by atoms with van der Waals surface area (Å²) in [6, 6.07) is 14.5. The summed E-state index contributed by atoms with van der Waals surface area (Å²) in [7, 11) is 0. The van der Waals surface area contributed by atoms with Crippen molar-refractivity contribution in [3.8, 4) is 6.07 Å². The summed E-state index contributed by atoms with van der Waals surface area (Å²) < 4.78 is 2.05. The lowest BCUT2D eigenvalue weighted by atomic mass is 10.1. The minimum Gasteiger partial charge on any atom is -0.346 e. The number of nitrogens with zero attached hydrogens (tertiary/aromatic N) is 2. The van der Waals surface area contributed by atoms with E-state index in [4.69, 9.17) is 5.26 Å². The molecule has 0 aliphatic carbocycles. The van der Waals surface area contributed by atoms with Crippen LogP contribution in [0, 0.1) is 11.3 Å². The van der Waals surface area contributed by atoms with E-state index in [1.165, 1.54) is 5.56 Å². The Kier molecular flexibility index (Phi) is 2.55. The van der Waals surface area contributed by atoms with Crippen molar-refractivity contribution in [3.63, 3.8) is 0 Å². The summed E-state index contributed by atoms with van der Waals surface area (Å²) in [5.41, 5.74) is 1.95. The molecule has 0 fully saturated rings. The summed E-state index contributed by atoms with van der Waals surface area (Å²) in [6.07, 6.45) is 3.81. The van der Waals surface area contributed by atoms with Gasteiger partial charge in [0.05, 0.1) is 11.6 Å². The summed E-state index contributed by atoms with van der Waals surface area (Å²) in [6.45, 7) is 2.12. The van der Waals surface area contributed by atoms with Crippen LogP contribution in [0.2, 0.25) is 0 Å². The van der Waals surface area contributed by atoms with E-state index >= 15 is 0 Å². The molecule has 2 aromatic rings. The molecule has 1 atom stereocenters. The third-order valence-corrected chi connectivity index (χ3v) is 2.57. The lowest BCUT2D eigenvalue weighted by Gasteiger charge is -2.13. The molecule has 15 heavy (non-hydrogen) atoms. The summed E-state index contributed by atoms with van der Waals surface area (Å²) in [5.74, 6) is 0. The molecule has 1 aromatic heterocycles. The highest BCUT2D eigenvalue weighted by molar-refractivity contribution is 5.28. The van der Waals surface area contributed by atoms with E-state index in [0.29, 0.717) is 5.56 Å². The first-order valence-electron chi connectivity index (χ1n) is 4.94. The first kappa shape index (κ1) is 9.54. The summed E-state index contributed by atoms with van der Waals surface area (Å²) in [5, 5.41) is 8.74. The molecular formula is C13H12N2. The van der Waals surface area contributed by atoms with Crippen molar-refractivity contribution in [2.75, 3.05) is 0 Å². The van der Waals surface area contributed by atoms with Crippen molar-refractivity contribution in [3.05, 3.63) is 59.9 Å². The van der Waals surface area contributed by atoms with Crippen molar-refractivity contribution in [2.45, 2.75) is 13.0 Å². The number of nitriles is 1. The van der Waals surface area contributed by atoms with Crippen LogP contribution in [0.3, 0.4) is 0 Å². The van der Waals surface area contributed by atoms with Crippen LogP contribution in [-0.2, 0) is 0 Å². The molecular weight excluding hydrogens is 184 g/mol. The van der Waals surface area contributed by atoms with Crippen molar-refractivity contribution >= 4 is 0 Å². The van der Waals surface area contributed by atoms with Gasteiger partial charge in [0.2, 0.25) is 0 Å². The highest BCUT2D eigenvalue weighted by Gasteiger charge is 2.06. The van der Waals surface area contributed by atoms with Crippen molar-refractivity contribution in [1.82, 2.24) is 4.57 Å². The van der Waals surface area contributed by atoms with E-state index in [1.807, 2.05) is 41.2 Å². The molecule has 0 aliphatic heterocycles. The second-order valence-electron chi connectivity index (χ2n) is 3.55. The lowest BCUT2D eigenvalue weighted by Crippen LogP contribution is -2.03. The number of hydrogen-bond acceptors (Lipinski definition) is 1. The van der Waals surface area contributed by atoms with Crippen LogP contribution in [0.5, 0.6) is 0 Å². The van der Waals surface area contributed by atoms with Gasteiger partial charge >= 0.3 is 0 Å². The largest absolute Gasteiger partial charge is 0.346 e. The zero-order valence-electron chi connectivity index (χ0n) is 8.59. The van der Waals surface area contributed by atoms with Crippen molar-refractivity contribution < 1.29 is 0 Å². The Bertz CT molecular complexity index is 477. The maximum Gasteiger partial charge on any atom is 0.101 e. The molecule has 0 aliphatic rings. The first-order valence-corrected chi connectivity index (χ1v) is 4.94. The number of aromatic nitrogens is 1. The van der Waals surface area contributed by atoms with Gasteiger partial charge in [-0.25, -0.2) is 0 Å². The third-order valence-electron chi connectivity index (χ3n) is 2.57. The highest BCUT2D eigenvalue weighted by atomic mass is 15.0. The Morgan fingerprint density at radius 2 is 1.93 bits per heavy atom. The molecule has 0 amide bonds. The third kappa shape index (κ3) is 1.92. The van der Waals surface area contributed by atoms with E-state index in [9.17, 15) is 0 Å². The minimum atomic E-state index is 0.272. The zero-order chi connectivity index (χ0) is 10.7. The van der Waals surface area contributed by atoms with Crippen LogP contribution in [0.15, 0.2) is 48.8 Å². The van der Waals surface area contributed by atoms with Gasteiger partial charge < -0.3 is 4.57 Å². The molecule has 1 heterocycles. The average Bonchev–Trinajstić information content (AvgIpc) is 2.78. The predicted molar refractivity (Wildman–Crippen MR) is 59.4 cm³/mol. The quantitative estimate of drug-likeness (QED) is 0.725. The smallest absolute Gasteiger partial charge is 0.101 e. The fraction of sp³-hybridized carbons (Fsp3) is 0.154. The Morgan fingerprint density at radius 1 is 1.20 bits per heavy atom. The van der Waals surface area contributed by atoms with Crippen LogP contribution >= 0.6 is 0 Å². The normalized spacial score (nSPS) is 12.0. The number of hydrogen-bond donors (Lipinski definition) is 0. The van der Waals surface area contributed by atoms with Gasteiger partial charge in [-0.2, -0.15) is 5.26 Å². The van der Waals surface area contributed by atoms with Crippen molar-refractivity contribution in [1.29, 1.82) is 5.26 Å². The summed E-state index contributed by atoms with van der Waals surface area (Å²) in [4.78, 5) is 0. The van der Waals surface area contributed by atoms with Gasteiger partial charge in [0, 0.05) is 12.4 Å². The van der Waals surface area contributed by atoms with Gasteiger partial charge in [-0.05, 0) is 18.6 Å². The monoisotopic (exact) mass is 196 g/mol. The second-order valence-corrected chi connectivity index (χ2v) is 3.55. The zero-order valence-corrected chi connectivity index (χ0v) is 8.59. The Hall–Kier alpha value is -2.01. The van der Waals surface area contributed by atoms with E-state index in [1.54, 1.807) is 0 Å². The topological polar surface area (TPSA) is 28.7 Å². The maximum absolute atomic E-state index is 8.74. The lowest BCUT2D eigenvalue weighted by molar-refractivity contribution is 0.643. The average molecular weight is 196 g/mol. The van der Waals surface area contributed by atoms with Crippen LogP contribution in [0.4, 0.5) is 0 Å². The van der Waals surface area contributed by atoms with Crippen LogP contribution in [0.25, 0.3) is 0 Å². The van der Waals surface area contributed by atoms with Gasteiger partial charge in [-0.1, -0.05) is 30.3 Å². The van der Waals surface area contributed by atoms with E-state index in [2.05, 4.69) is 25.1 Å². The van der Waals surface area contributed by atoms with Gasteiger partial charge in [0.15, 0.2) is 0 Å². The number of benzene rings is 1. The number of rotatable bonds is 2. The van der Waals surface area contributed by atoms with Crippen LogP contribution in [0.1, 0.15) is 24.1 Å². The standard InChI is InChI=1S/C13H12N2/c1-11(13-5-3-2-4-6-13)15-8-7-12(9-14)10-15/h2-8,10-11H,1H3/t11-/m1/s1. The molecule has 0 spiro atoms. The van der Waals surface area contributed by atoms with Gasteiger partial charge in [0.1, 0.15) is 6.07 Å².